The van der Waals surface area contributed by atoms with Crippen LogP contribution in [-0.2, 0) is 4.79 Å². The molecule has 27 heavy (non-hydrogen) atoms. The molecule has 0 bridgehead atoms. The van der Waals surface area contributed by atoms with Crippen LogP contribution >= 0.6 is 0 Å². The van der Waals surface area contributed by atoms with Gasteiger partial charge < -0.3 is 18.8 Å². The largest absolute Gasteiger partial charge is 0.484 e. The van der Waals surface area contributed by atoms with E-state index < -0.39 is 5.91 Å². The van der Waals surface area contributed by atoms with Gasteiger partial charge in [-0.2, -0.15) is 10.5 Å². The van der Waals surface area contributed by atoms with Crippen LogP contribution in [0.3, 0.4) is 0 Å². The zero-order valence-electron chi connectivity index (χ0n) is 14.0. The highest BCUT2D eigenvalue weighted by molar-refractivity contribution is 6.14. The van der Waals surface area contributed by atoms with Gasteiger partial charge in [0.1, 0.15) is 30.3 Å². The van der Waals surface area contributed by atoms with Crippen LogP contribution in [0.2, 0.25) is 0 Å². The maximum absolute atomic E-state index is 12.3. The van der Waals surface area contributed by atoms with E-state index in [0.29, 0.717) is 22.8 Å². The van der Waals surface area contributed by atoms with Gasteiger partial charge in [0.15, 0.2) is 12.4 Å². The van der Waals surface area contributed by atoms with E-state index in [4.69, 9.17) is 24.4 Å². The first-order valence-electron chi connectivity index (χ1n) is 7.88. The molecule has 0 N–H and O–H groups in total. The summed E-state index contributed by atoms with van der Waals surface area (Å²) >= 11 is 0. The molecule has 1 amide bonds. The molecule has 0 spiro atoms. The molecule has 0 saturated carbocycles. The Labute approximate surface area is 154 Å². The van der Waals surface area contributed by atoms with Crippen LogP contribution in [0.1, 0.15) is 16.1 Å². The number of allylic oxidation sites excluding steroid dienone is 1. The van der Waals surface area contributed by atoms with E-state index in [9.17, 15) is 9.59 Å². The molecule has 8 nitrogen and oxygen atoms in total. The minimum atomic E-state index is -0.492. The molecule has 1 aliphatic rings. The van der Waals surface area contributed by atoms with E-state index in [2.05, 4.69) is 0 Å². The van der Waals surface area contributed by atoms with Crippen LogP contribution in [0.5, 0.6) is 11.5 Å². The molecule has 0 fully saturated rings. The van der Waals surface area contributed by atoms with Crippen molar-refractivity contribution in [1.82, 2.24) is 4.90 Å². The van der Waals surface area contributed by atoms with E-state index >= 15 is 0 Å². The first-order valence-corrected chi connectivity index (χ1v) is 7.88. The second-order valence-electron chi connectivity index (χ2n) is 5.47. The minimum absolute atomic E-state index is 0.127. The number of ether oxygens (including phenoxy) is 2. The molecule has 134 valence electrons. The molecule has 2 heterocycles. The maximum Gasteiger partial charge on any atom is 0.262 e. The molecule has 1 aliphatic heterocycles. The Bertz CT molecular complexity index is 964. The van der Waals surface area contributed by atoms with Gasteiger partial charge in [-0.25, -0.2) is 0 Å². The summed E-state index contributed by atoms with van der Waals surface area (Å²) in [5, 5.41) is 17.4. The first kappa shape index (κ1) is 17.8. The summed E-state index contributed by atoms with van der Waals surface area (Å²) in [6.45, 7) is -0.734. The van der Waals surface area contributed by atoms with Gasteiger partial charge in [-0.1, -0.05) is 0 Å². The smallest absolute Gasteiger partial charge is 0.262 e. The van der Waals surface area contributed by atoms with E-state index in [-0.39, 0.29) is 31.2 Å². The van der Waals surface area contributed by atoms with Gasteiger partial charge in [-0.15, -0.1) is 0 Å². The molecule has 2 aromatic rings. The predicted molar refractivity (Wildman–Crippen MR) is 91.4 cm³/mol. The Balaban J connectivity index is 1.68. The lowest BCUT2D eigenvalue weighted by Gasteiger charge is -2.16. The van der Waals surface area contributed by atoms with Crippen molar-refractivity contribution in [2.24, 2.45) is 0 Å². The lowest BCUT2D eigenvalue weighted by Crippen LogP contribution is -2.35. The number of carbonyl (C=O) groups is 2. The summed E-state index contributed by atoms with van der Waals surface area (Å²) in [4.78, 5) is 25.4. The predicted octanol–water partition coefficient (Wildman–Crippen LogP) is 2.15. The lowest BCUT2D eigenvalue weighted by atomic mass is 10.1. The highest BCUT2D eigenvalue weighted by Gasteiger charge is 2.28. The number of rotatable bonds is 6. The number of Topliss-reactive ketones (excluding diaryl/α,β-unsaturated/α-hetero) is 1. The highest BCUT2D eigenvalue weighted by Crippen LogP contribution is 2.34. The Morgan fingerprint density at radius 1 is 1.22 bits per heavy atom. The van der Waals surface area contributed by atoms with E-state index in [1.54, 1.807) is 24.3 Å². The van der Waals surface area contributed by atoms with Crippen LogP contribution in [-0.4, -0.2) is 36.3 Å². The van der Waals surface area contributed by atoms with Gasteiger partial charge in [-0.3, -0.25) is 9.59 Å². The second-order valence-corrected chi connectivity index (χ2v) is 5.47. The number of carbonyl (C=O) groups excluding carboxylic acids is 2. The maximum atomic E-state index is 12.3. The first-order chi connectivity index (χ1) is 13.1. The summed E-state index contributed by atoms with van der Waals surface area (Å²) in [7, 11) is 0. The normalized spacial score (nSPS) is 13.4. The molecule has 0 unspecified atom stereocenters. The molecule has 3 rings (SSSR count). The van der Waals surface area contributed by atoms with Crippen molar-refractivity contribution in [3.05, 3.63) is 53.7 Å². The molecular formula is C19H13N3O5. The average molecular weight is 363 g/mol. The Morgan fingerprint density at radius 2 is 2.00 bits per heavy atom. The Morgan fingerprint density at radius 3 is 2.67 bits per heavy atom. The summed E-state index contributed by atoms with van der Waals surface area (Å²) in [6.07, 6.45) is 2.98. The van der Waals surface area contributed by atoms with Gasteiger partial charge in [0.25, 0.3) is 5.91 Å². The van der Waals surface area contributed by atoms with Crippen molar-refractivity contribution in [3.8, 4) is 23.6 Å². The number of furan rings is 1. The van der Waals surface area contributed by atoms with Gasteiger partial charge in [0.2, 0.25) is 5.78 Å². The minimum Gasteiger partial charge on any atom is -0.484 e. The highest BCUT2D eigenvalue weighted by atomic mass is 16.5. The summed E-state index contributed by atoms with van der Waals surface area (Å²) < 4.78 is 16.1. The van der Waals surface area contributed by atoms with Gasteiger partial charge in [0.05, 0.1) is 24.0 Å². The molecule has 0 saturated heterocycles. The van der Waals surface area contributed by atoms with Crippen LogP contribution in [0.4, 0.5) is 0 Å². The van der Waals surface area contributed by atoms with E-state index in [1.165, 1.54) is 18.4 Å². The molecule has 0 aliphatic carbocycles. The topological polar surface area (TPSA) is 117 Å². The summed E-state index contributed by atoms with van der Waals surface area (Å²) in [5.41, 5.74) is 0.377. The SMILES string of the molecule is N#CCN(CC#N)C(=O)COc1ccc2c(c1)OC(=Cc1ccco1)C2=O. The monoisotopic (exact) mass is 363 g/mol. The number of benzene rings is 1. The van der Waals surface area contributed by atoms with Crippen LogP contribution < -0.4 is 9.47 Å². The fraction of sp³-hybridized carbons (Fsp3) is 0.158. The number of nitrogens with zero attached hydrogens (tertiary/aromatic N) is 3. The van der Waals surface area contributed by atoms with Crippen molar-refractivity contribution >= 4 is 17.8 Å². The third-order valence-corrected chi connectivity index (χ3v) is 3.70. The van der Waals surface area contributed by atoms with Crippen molar-refractivity contribution in [2.75, 3.05) is 19.7 Å². The average Bonchev–Trinajstić information content (AvgIpc) is 3.28. The number of ketones is 1. The molecular weight excluding hydrogens is 350 g/mol. The number of fused-ring (bicyclic) bond motifs is 1. The summed E-state index contributed by atoms with van der Waals surface area (Å²) in [5.74, 6) is 0.481. The zero-order chi connectivity index (χ0) is 19.2. The summed E-state index contributed by atoms with van der Waals surface area (Å²) in [6, 6.07) is 11.6. The standard InChI is InChI=1S/C19H13N3O5/c20-5-7-22(8-6-21)18(23)12-26-14-3-4-15-16(10-14)27-17(19(15)24)11-13-2-1-9-25-13/h1-4,9-11H,7-8,12H2. The number of nitriles is 2. The van der Waals surface area contributed by atoms with Crippen molar-refractivity contribution in [2.45, 2.75) is 0 Å². The molecule has 0 radical (unpaired) electrons. The van der Waals surface area contributed by atoms with Crippen LogP contribution in [0.25, 0.3) is 6.08 Å². The Hall–Kier alpha value is -4.04. The van der Waals surface area contributed by atoms with Crippen molar-refractivity contribution in [3.63, 3.8) is 0 Å². The van der Waals surface area contributed by atoms with E-state index in [1.807, 2.05) is 12.1 Å². The quantitative estimate of drug-likeness (QED) is 0.570. The molecule has 8 heteroatoms. The van der Waals surface area contributed by atoms with Gasteiger partial charge >= 0.3 is 0 Å². The zero-order valence-corrected chi connectivity index (χ0v) is 14.0. The van der Waals surface area contributed by atoms with Gasteiger partial charge in [0, 0.05) is 12.1 Å². The van der Waals surface area contributed by atoms with Gasteiger partial charge in [-0.05, 0) is 24.3 Å². The fourth-order valence-corrected chi connectivity index (χ4v) is 2.40. The van der Waals surface area contributed by atoms with Crippen LogP contribution in [0.15, 0.2) is 46.8 Å². The fourth-order valence-electron chi connectivity index (χ4n) is 2.40. The third-order valence-electron chi connectivity index (χ3n) is 3.70. The number of hydrogen-bond acceptors (Lipinski definition) is 7. The number of hydrogen-bond donors (Lipinski definition) is 0. The third kappa shape index (κ3) is 3.97. The van der Waals surface area contributed by atoms with Crippen LogP contribution in [0, 0.1) is 22.7 Å². The lowest BCUT2D eigenvalue weighted by molar-refractivity contribution is -0.132. The van der Waals surface area contributed by atoms with Crippen molar-refractivity contribution in [1.29, 1.82) is 10.5 Å². The van der Waals surface area contributed by atoms with Crippen molar-refractivity contribution < 1.29 is 23.5 Å². The van der Waals surface area contributed by atoms with E-state index in [0.717, 1.165) is 4.90 Å². The molecule has 1 aromatic heterocycles. The molecule has 1 aromatic carbocycles. The second kappa shape index (κ2) is 7.89. The molecule has 0 atom stereocenters. The number of amides is 1. The Kier molecular flexibility index (Phi) is 5.20.